The largest absolute Gasteiger partial charge is 0.394 e. The standard InChI is InChI=1S/C55H93NO13/c1-3-5-7-9-11-13-15-16-17-18-19-20-21-22-23-24-25-26-27-28-29-31-33-35-37-39-47(60)56-43(44(59)38-36-34-32-30-14-12-10-8-6-4-2)42-66-54-52(65)50(63)53(46(41-58)68-54)69-55-51(64)49(62)48(61)45(40-57)67-55/h5-8,11,13-14,16-17,19-20,30,36,38,43-46,48-55,57-59,61-65H,3-4,9-10,12,15,18,21-29,31-35,37,39-42H2,1-2H3,(H,56,60)/b7-5-,8-6+,13-11-,17-16-,20-19-,30-14+,38-36+. The highest BCUT2D eigenvalue weighted by molar-refractivity contribution is 5.76. The second-order valence-electron chi connectivity index (χ2n) is 18.2. The quantitative estimate of drug-likeness (QED) is 0.0217. The van der Waals surface area contributed by atoms with Gasteiger partial charge in [0.15, 0.2) is 12.6 Å². The SMILES string of the molecule is CC/C=C\C/C=C\C/C=C\C/C=C\CCCCCCCCCCCCCCC(=O)NC(COC1OC(CO)C(OC2OC(CO)C(O)C(O)C2O)C(O)C1O)C(O)/C=C/CC/C=C/CC/C=C/CC. The van der Waals surface area contributed by atoms with E-state index in [0.717, 1.165) is 77.0 Å². The van der Waals surface area contributed by atoms with E-state index in [1.807, 2.05) is 6.08 Å². The van der Waals surface area contributed by atoms with E-state index in [-0.39, 0.29) is 18.9 Å². The molecule has 0 saturated carbocycles. The van der Waals surface area contributed by atoms with Gasteiger partial charge in [0.25, 0.3) is 0 Å². The molecule has 0 aromatic heterocycles. The van der Waals surface area contributed by atoms with Gasteiger partial charge in [0, 0.05) is 6.42 Å². The number of rotatable bonds is 39. The van der Waals surface area contributed by atoms with Gasteiger partial charge in [-0.15, -0.1) is 0 Å². The maximum Gasteiger partial charge on any atom is 0.220 e. The number of carbonyl (C=O) groups excluding carboxylic acids is 1. The van der Waals surface area contributed by atoms with Crippen LogP contribution < -0.4 is 5.32 Å². The molecule has 2 saturated heterocycles. The summed E-state index contributed by atoms with van der Waals surface area (Å²) < 4.78 is 22.6. The Morgan fingerprint density at radius 3 is 1.54 bits per heavy atom. The topological polar surface area (TPSA) is 228 Å². The van der Waals surface area contributed by atoms with E-state index in [2.05, 4.69) is 92.1 Å². The number of hydrogen-bond donors (Lipinski definition) is 9. The number of carbonyl (C=O) groups is 1. The maximum atomic E-state index is 13.2. The van der Waals surface area contributed by atoms with Gasteiger partial charge in [-0.25, -0.2) is 0 Å². The molecular weight excluding hydrogens is 883 g/mol. The minimum Gasteiger partial charge on any atom is -0.394 e. The summed E-state index contributed by atoms with van der Waals surface area (Å²) in [5.41, 5.74) is 0. The van der Waals surface area contributed by atoms with E-state index in [4.69, 9.17) is 18.9 Å². The Balaban J connectivity index is 1.74. The molecule has 2 rings (SSSR count). The fourth-order valence-corrected chi connectivity index (χ4v) is 8.08. The van der Waals surface area contributed by atoms with Gasteiger partial charge >= 0.3 is 0 Å². The molecule has 0 aromatic rings. The number of allylic oxidation sites excluding steroid dienone is 13. The van der Waals surface area contributed by atoms with Crippen molar-refractivity contribution < 1.29 is 64.6 Å². The zero-order chi connectivity index (χ0) is 50.3. The monoisotopic (exact) mass is 976 g/mol. The van der Waals surface area contributed by atoms with Gasteiger partial charge in [-0.05, 0) is 77.0 Å². The molecule has 2 fully saturated rings. The van der Waals surface area contributed by atoms with Gasteiger partial charge in [-0.1, -0.05) is 163 Å². The Bertz CT molecular complexity index is 1480. The fourth-order valence-electron chi connectivity index (χ4n) is 8.08. The van der Waals surface area contributed by atoms with Crippen molar-refractivity contribution in [3.8, 4) is 0 Å². The van der Waals surface area contributed by atoms with E-state index < -0.39 is 86.8 Å². The minimum atomic E-state index is -1.79. The predicted molar refractivity (Wildman–Crippen MR) is 272 cm³/mol. The first kappa shape index (κ1) is 62.3. The molecule has 396 valence electrons. The number of aliphatic hydroxyl groups excluding tert-OH is 8. The normalized spacial score (nSPS) is 26.9. The van der Waals surface area contributed by atoms with Crippen molar-refractivity contribution in [1.29, 1.82) is 0 Å². The summed E-state index contributed by atoms with van der Waals surface area (Å²) in [4.78, 5) is 13.2. The molecule has 14 nitrogen and oxygen atoms in total. The third-order valence-corrected chi connectivity index (χ3v) is 12.3. The molecule has 0 radical (unpaired) electrons. The minimum absolute atomic E-state index is 0.262. The van der Waals surface area contributed by atoms with Crippen LogP contribution in [0.15, 0.2) is 85.1 Å². The lowest BCUT2D eigenvalue weighted by atomic mass is 9.97. The highest BCUT2D eigenvalue weighted by atomic mass is 16.7. The Labute approximate surface area is 414 Å². The van der Waals surface area contributed by atoms with Crippen molar-refractivity contribution in [2.24, 2.45) is 0 Å². The molecule has 69 heavy (non-hydrogen) atoms. The van der Waals surface area contributed by atoms with Gasteiger partial charge in [-0.3, -0.25) is 4.79 Å². The predicted octanol–water partition coefficient (Wildman–Crippen LogP) is 7.38. The number of ether oxygens (including phenoxy) is 4. The molecule has 9 N–H and O–H groups in total. The summed E-state index contributed by atoms with van der Waals surface area (Å²) in [6.07, 6.45) is 36.5. The first-order chi connectivity index (χ1) is 33.6. The van der Waals surface area contributed by atoms with E-state index in [1.165, 1.54) is 51.4 Å². The molecule has 0 aliphatic carbocycles. The van der Waals surface area contributed by atoms with E-state index in [0.29, 0.717) is 12.8 Å². The van der Waals surface area contributed by atoms with Crippen LogP contribution in [0.25, 0.3) is 0 Å². The fraction of sp³-hybridized carbons (Fsp3) is 0.727. The van der Waals surface area contributed by atoms with Crippen LogP contribution in [-0.2, 0) is 23.7 Å². The number of unbranched alkanes of at least 4 members (excludes halogenated alkanes) is 14. The second kappa shape index (κ2) is 40.7. The number of aliphatic hydroxyl groups is 8. The van der Waals surface area contributed by atoms with Gasteiger partial charge in [0.05, 0.1) is 32.0 Å². The van der Waals surface area contributed by atoms with Crippen LogP contribution in [0.1, 0.15) is 162 Å². The molecule has 2 aliphatic heterocycles. The summed E-state index contributed by atoms with van der Waals surface area (Å²) in [5.74, 6) is -0.263. The summed E-state index contributed by atoms with van der Waals surface area (Å²) in [6.45, 7) is 2.50. The first-order valence-corrected chi connectivity index (χ1v) is 26.3. The van der Waals surface area contributed by atoms with Crippen molar-refractivity contribution in [3.05, 3.63) is 85.1 Å². The Hall–Kier alpha value is -2.83. The van der Waals surface area contributed by atoms with Gasteiger partial charge < -0.3 is 65.1 Å². The molecule has 1 amide bonds. The maximum absolute atomic E-state index is 13.2. The average Bonchev–Trinajstić information content (AvgIpc) is 3.35. The Morgan fingerprint density at radius 1 is 0.522 bits per heavy atom. The number of amides is 1. The van der Waals surface area contributed by atoms with Crippen molar-refractivity contribution in [3.63, 3.8) is 0 Å². The molecule has 12 atom stereocenters. The third-order valence-electron chi connectivity index (χ3n) is 12.3. The molecular formula is C55H93NO13. The highest BCUT2D eigenvalue weighted by Gasteiger charge is 2.51. The number of hydrogen-bond acceptors (Lipinski definition) is 13. The summed E-state index contributed by atoms with van der Waals surface area (Å²) in [6, 6.07) is -0.941. The van der Waals surface area contributed by atoms with Crippen LogP contribution >= 0.6 is 0 Å². The van der Waals surface area contributed by atoms with Crippen LogP contribution in [-0.4, -0.2) is 140 Å². The van der Waals surface area contributed by atoms with Crippen molar-refractivity contribution in [1.82, 2.24) is 5.32 Å². The van der Waals surface area contributed by atoms with Crippen LogP contribution in [0, 0.1) is 0 Å². The lowest BCUT2D eigenvalue weighted by Crippen LogP contribution is -2.65. The van der Waals surface area contributed by atoms with E-state index >= 15 is 0 Å². The van der Waals surface area contributed by atoms with E-state index in [9.17, 15) is 45.6 Å². The summed E-state index contributed by atoms with van der Waals surface area (Å²) in [7, 11) is 0. The van der Waals surface area contributed by atoms with Crippen molar-refractivity contribution in [2.45, 2.75) is 235 Å². The summed E-state index contributed by atoms with van der Waals surface area (Å²) >= 11 is 0. The van der Waals surface area contributed by atoms with Crippen LogP contribution in [0.4, 0.5) is 0 Å². The zero-order valence-electron chi connectivity index (χ0n) is 42.0. The Morgan fingerprint density at radius 2 is 0.971 bits per heavy atom. The molecule has 0 bridgehead atoms. The molecule has 0 aromatic carbocycles. The van der Waals surface area contributed by atoms with Crippen molar-refractivity contribution >= 4 is 5.91 Å². The smallest absolute Gasteiger partial charge is 0.220 e. The van der Waals surface area contributed by atoms with E-state index in [1.54, 1.807) is 6.08 Å². The highest BCUT2D eigenvalue weighted by Crippen LogP contribution is 2.30. The van der Waals surface area contributed by atoms with Gasteiger partial charge in [-0.2, -0.15) is 0 Å². The molecule has 2 heterocycles. The second-order valence-corrected chi connectivity index (χ2v) is 18.2. The molecule has 0 spiro atoms. The van der Waals surface area contributed by atoms with Crippen LogP contribution in [0.2, 0.25) is 0 Å². The van der Waals surface area contributed by atoms with Crippen LogP contribution in [0.5, 0.6) is 0 Å². The lowest BCUT2D eigenvalue weighted by molar-refractivity contribution is -0.359. The lowest BCUT2D eigenvalue weighted by Gasteiger charge is -2.46. The first-order valence-electron chi connectivity index (χ1n) is 26.3. The third kappa shape index (κ3) is 27.5. The molecule has 2 aliphatic rings. The average molecular weight is 976 g/mol. The van der Waals surface area contributed by atoms with Gasteiger partial charge in [0.2, 0.25) is 5.91 Å². The summed E-state index contributed by atoms with van der Waals surface area (Å²) in [5, 5.41) is 86.6. The van der Waals surface area contributed by atoms with Crippen molar-refractivity contribution in [2.75, 3.05) is 19.8 Å². The molecule has 12 unspecified atom stereocenters. The Kier molecular flexibility index (Phi) is 36.8. The zero-order valence-corrected chi connectivity index (χ0v) is 42.0. The van der Waals surface area contributed by atoms with Crippen LogP contribution in [0.3, 0.4) is 0 Å². The van der Waals surface area contributed by atoms with Gasteiger partial charge in [0.1, 0.15) is 48.8 Å². The number of nitrogens with one attached hydrogen (secondary N) is 1. The molecule has 14 heteroatoms.